The topological polar surface area (TPSA) is 86.3 Å². The van der Waals surface area contributed by atoms with Crippen molar-refractivity contribution in [3.63, 3.8) is 0 Å². The van der Waals surface area contributed by atoms with Crippen LogP contribution in [0.4, 0.5) is 5.69 Å². The number of Topliss-reactive ketones (excluding diaryl/α,β-unsaturated/α-hetero) is 1. The van der Waals surface area contributed by atoms with E-state index in [1.807, 2.05) is 13.0 Å². The Balaban J connectivity index is 2.04. The highest BCUT2D eigenvalue weighted by Gasteiger charge is 2.51. The molecule has 0 fully saturated rings. The van der Waals surface area contributed by atoms with Gasteiger partial charge in [-0.15, -0.1) is 0 Å². The Morgan fingerprint density at radius 1 is 1.40 bits per heavy atom. The first-order valence-corrected chi connectivity index (χ1v) is 8.98. The van der Waals surface area contributed by atoms with Gasteiger partial charge in [0.1, 0.15) is 0 Å². The van der Waals surface area contributed by atoms with Crippen LogP contribution in [0.1, 0.15) is 47.1 Å². The highest BCUT2D eigenvalue weighted by Crippen LogP contribution is 2.44. The van der Waals surface area contributed by atoms with E-state index < -0.39 is 11.5 Å². The van der Waals surface area contributed by atoms with Crippen LogP contribution in [0.25, 0.3) is 0 Å². The maximum atomic E-state index is 12.9. The highest BCUT2D eigenvalue weighted by atomic mass is 79.9. The van der Waals surface area contributed by atoms with Gasteiger partial charge in [-0.1, -0.05) is 22.9 Å². The number of halogens is 1. The molecule has 1 atom stereocenters. The van der Waals surface area contributed by atoms with Crippen molar-refractivity contribution in [2.75, 3.05) is 11.4 Å². The Morgan fingerprint density at radius 2 is 2.12 bits per heavy atom. The van der Waals surface area contributed by atoms with Crippen LogP contribution in [0, 0.1) is 13.8 Å². The summed E-state index contributed by atoms with van der Waals surface area (Å²) < 4.78 is 0.749. The molecule has 132 valence electrons. The van der Waals surface area contributed by atoms with Gasteiger partial charge in [-0.3, -0.25) is 14.7 Å². The second kappa shape index (κ2) is 6.38. The van der Waals surface area contributed by atoms with Crippen LogP contribution in [-0.2, 0) is 10.4 Å². The molecule has 25 heavy (non-hydrogen) atoms. The second-order valence-corrected chi connectivity index (χ2v) is 7.30. The van der Waals surface area contributed by atoms with Gasteiger partial charge in [0.25, 0.3) is 5.91 Å². The average molecular weight is 406 g/mol. The Hall–Kier alpha value is -1.99. The number of aliphatic hydroxyl groups is 1. The molecule has 0 radical (unpaired) electrons. The lowest BCUT2D eigenvalue weighted by Crippen LogP contribution is -2.42. The maximum absolute atomic E-state index is 12.9. The van der Waals surface area contributed by atoms with Crippen molar-refractivity contribution in [1.82, 2.24) is 10.2 Å². The van der Waals surface area contributed by atoms with Gasteiger partial charge >= 0.3 is 0 Å². The molecule has 2 N–H and O–H groups in total. The number of aromatic amines is 1. The molecule has 0 saturated heterocycles. The number of hydrogen-bond acceptors (Lipinski definition) is 4. The van der Waals surface area contributed by atoms with Crippen LogP contribution in [0.2, 0.25) is 0 Å². The van der Waals surface area contributed by atoms with E-state index in [-0.39, 0.29) is 12.2 Å². The molecular formula is C18H20BrN3O3. The van der Waals surface area contributed by atoms with Crippen LogP contribution in [0.15, 0.2) is 22.7 Å². The van der Waals surface area contributed by atoms with Gasteiger partial charge in [0, 0.05) is 22.3 Å². The summed E-state index contributed by atoms with van der Waals surface area (Å²) >= 11 is 3.38. The van der Waals surface area contributed by atoms with E-state index in [1.54, 1.807) is 30.9 Å². The Bertz CT molecular complexity index is 842. The third kappa shape index (κ3) is 2.81. The normalized spacial score (nSPS) is 19.4. The van der Waals surface area contributed by atoms with Gasteiger partial charge in [-0.25, -0.2) is 0 Å². The average Bonchev–Trinajstić information content (AvgIpc) is 2.99. The zero-order valence-corrected chi connectivity index (χ0v) is 16.0. The van der Waals surface area contributed by atoms with Crippen LogP contribution >= 0.6 is 15.9 Å². The lowest BCUT2D eigenvalue weighted by Gasteiger charge is -2.22. The van der Waals surface area contributed by atoms with Crippen molar-refractivity contribution in [1.29, 1.82) is 0 Å². The lowest BCUT2D eigenvalue weighted by molar-refractivity contribution is -0.135. The minimum Gasteiger partial charge on any atom is -0.375 e. The summed E-state index contributed by atoms with van der Waals surface area (Å²) in [6, 6.07) is 5.34. The molecule has 0 spiro atoms. The number of carbonyl (C=O) groups is 2. The van der Waals surface area contributed by atoms with E-state index >= 15 is 0 Å². The Morgan fingerprint density at radius 3 is 2.72 bits per heavy atom. The molecule has 3 rings (SSSR count). The number of amides is 1. The number of aromatic nitrogens is 2. The van der Waals surface area contributed by atoms with Crippen molar-refractivity contribution in [2.45, 2.75) is 39.2 Å². The number of ketones is 1. The Labute approximate surface area is 154 Å². The molecule has 7 heteroatoms. The van der Waals surface area contributed by atoms with Crippen molar-refractivity contribution >= 4 is 33.3 Å². The lowest BCUT2D eigenvalue weighted by atomic mass is 9.87. The number of fused-ring (bicyclic) bond motifs is 1. The summed E-state index contributed by atoms with van der Waals surface area (Å²) in [7, 11) is 0. The first kappa shape index (κ1) is 17.8. The number of nitrogens with zero attached hydrogens (tertiary/aromatic N) is 2. The minimum atomic E-state index is -1.86. The number of hydrogen-bond donors (Lipinski definition) is 2. The largest absolute Gasteiger partial charge is 0.375 e. The molecular weight excluding hydrogens is 386 g/mol. The number of nitrogens with one attached hydrogen (secondary N) is 1. The third-order valence-electron chi connectivity index (χ3n) is 4.56. The first-order chi connectivity index (χ1) is 11.8. The molecule has 6 nitrogen and oxygen atoms in total. The quantitative estimate of drug-likeness (QED) is 0.748. The van der Waals surface area contributed by atoms with Crippen molar-refractivity contribution in [3.05, 3.63) is 45.2 Å². The van der Waals surface area contributed by atoms with Crippen molar-refractivity contribution < 1.29 is 14.7 Å². The fourth-order valence-electron chi connectivity index (χ4n) is 3.42. The number of H-pyrrole nitrogens is 1. The van der Waals surface area contributed by atoms with Crippen LogP contribution in [0.5, 0.6) is 0 Å². The predicted molar refractivity (Wildman–Crippen MR) is 97.7 cm³/mol. The number of anilines is 1. The summed E-state index contributed by atoms with van der Waals surface area (Å²) in [6.45, 7) is 5.94. The van der Waals surface area contributed by atoms with Crippen LogP contribution < -0.4 is 4.90 Å². The van der Waals surface area contributed by atoms with E-state index in [0.717, 1.165) is 10.9 Å². The summed E-state index contributed by atoms with van der Waals surface area (Å²) in [5.41, 5.74) is 0.902. The van der Waals surface area contributed by atoms with E-state index in [2.05, 4.69) is 26.1 Å². The molecule has 1 aliphatic heterocycles. The number of rotatable bonds is 5. The first-order valence-electron chi connectivity index (χ1n) is 8.18. The maximum Gasteiger partial charge on any atom is 0.264 e. The molecule has 1 amide bonds. The van der Waals surface area contributed by atoms with E-state index in [1.165, 1.54) is 0 Å². The van der Waals surface area contributed by atoms with Gasteiger partial charge in [0.2, 0.25) is 0 Å². The monoisotopic (exact) mass is 405 g/mol. The smallest absolute Gasteiger partial charge is 0.264 e. The summed E-state index contributed by atoms with van der Waals surface area (Å²) in [5, 5.41) is 18.0. The third-order valence-corrected chi connectivity index (χ3v) is 5.06. The molecule has 0 aliphatic carbocycles. The van der Waals surface area contributed by atoms with Crippen molar-refractivity contribution in [3.8, 4) is 0 Å². The molecule has 0 bridgehead atoms. The Kier molecular flexibility index (Phi) is 4.55. The fraction of sp³-hybridized carbons (Fsp3) is 0.389. The van der Waals surface area contributed by atoms with Gasteiger partial charge < -0.3 is 10.0 Å². The number of aryl methyl sites for hydroxylation is 2. The molecule has 1 aromatic carbocycles. The molecule has 0 saturated carbocycles. The summed E-state index contributed by atoms with van der Waals surface area (Å²) in [4.78, 5) is 27.3. The van der Waals surface area contributed by atoms with Gasteiger partial charge in [-0.2, -0.15) is 5.10 Å². The van der Waals surface area contributed by atoms with E-state index in [0.29, 0.717) is 34.7 Å². The molecule has 1 aliphatic rings. The summed E-state index contributed by atoms with van der Waals surface area (Å²) in [5.74, 6) is -0.751. The number of benzene rings is 1. The van der Waals surface area contributed by atoms with Gasteiger partial charge in [-0.05, 0) is 38.5 Å². The SMILES string of the molecule is CCCN1C(=O)C(O)(CC(=O)c2c(C)n[nH]c2C)c2cc(Br)ccc21. The highest BCUT2D eigenvalue weighted by molar-refractivity contribution is 9.10. The molecule has 2 heterocycles. The van der Waals surface area contributed by atoms with E-state index in [4.69, 9.17) is 0 Å². The second-order valence-electron chi connectivity index (χ2n) is 6.39. The van der Waals surface area contributed by atoms with Gasteiger partial charge in [0.05, 0.1) is 23.4 Å². The van der Waals surface area contributed by atoms with Gasteiger partial charge in [0.15, 0.2) is 11.4 Å². The summed E-state index contributed by atoms with van der Waals surface area (Å²) in [6.07, 6.45) is 0.446. The molecule has 1 unspecified atom stereocenters. The molecule has 2 aromatic rings. The predicted octanol–water partition coefficient (Wildman–Crippen LogP) is 3.01. The van der Waals surface area contributed by atoms with Crippen LogP contribution in [0.3, 0.4) is 0 Å². The zero-order chi connectivity index (χ0) is 18.4. The van der Waals surface area contributed by atoms with Crippen LogP contribution in [-0.4, -0.2) is 33.5 Å². The molecule has 1 aromatic heterocycles. The fourth-order valence-corrected chi connectivity index (χ4v) is 3.78. The zero-order valence-electron chi connectivity index (χ0n) is 14.4. The van der Waals surface area contributed by atoms with Crippen molar-refractivity contribution in [2.24, 2.45) is 0 Å². The van der Waals surface area contributed by atoms with E-state index in [9.17, 15) is 14.7 Å². The standard InChI is InChI=1S/C18H20BrN3O3/c1-4-7-22-14-6-5-12(19)8-13(14)18(25,17(22)24)9-15(23)16-10(2)20-21-11(16)3/h5-6,8,25H,4,7,9H2,1-3H3,(H,20,21). The number of carbonyl (C=O) groups excluding carboxylic acids is 2. The minimum absolute atomic E-state index is 0.302.